The van der Waals surface area contributed by atoms with Gasteiger partial charge in [-0.25, -0.2) is 4.79 Å². The second-order valence-electron chi connectivity index (χ2n) is 6.59. The molecule has 1 fully saturated rings. The Bertz CT molecular complexity index is 806. The third kappa shape index (κ3) is 3.67. The van der Waals surface area contributed by atoms with E-state index in [1.54, 1.807) is 32.2 Å². The monoisotopic (exact) mass is 361 g/mol. The lowest BCUT2D eigenvalue weighted by atomic mass is 9.96. The van der Waals surface area contributed by atoms with E-state index in [2.05, 4.69) is 0 Å². The Morgan fingerprint density at radius 2 is 2.04 bits per heavy atom. The maximum Gasteiger partial charge on any atom is 0.342 e. The van der Waals surface area contributed by atoms with Gasteiger partial charge in [0.2, 0.25) is 5.91 Å². The van der Waals surface area contributed by atoms with Crippen LogP contribution in [0.3, 0.4) is 0 Å². The lowest BCUT2D eigenvalue weighted by Crippen LogP contribution is -3.11. The number of nitrogens with one attached hydrogen (secondary N) is 1. The topological polar surface area (TPSA) is 96.2 Å². The van der Waals surface area contributed by atoms with Crippen molar-refractivity contribution in [2.45, 2.75) is 26.3 Å². The van der Waals surface area contributed by atoms with Crippen molar-refractivity contribution in [3.8, 4) is 5.75 Å². The number of primary amides is 1. The standard InChI is InChI=1S/C19H24N2O5/c1-3-25-19(23)17-14-10-13(24-2)4-5-15(14)26-16(17)11-21-8-6-12(7-9-21)18(20)22/h4-5,10,12H,3,6-9,11H2,1-2H3,(H2,20,22)/p+1. The molecule has 0 aliphatic carbocycles. The van der Waals surface area contributed by atoms with Gasteiger partial charge in [0.15, 0.2) is 5.76 Å². The summed E-state index contributed by atoms with van der Waals surface area (Å²) < 4.78 is 16.5. The Hall–Kier alpha value is -2.54. The molecule has 7 heteroatoms. The molecule has 0 saturated carbocycles. The molecule has 1 aliphatic heterocycles. The maximum atomic E-state index is 12.5. The van der Waals surface area contributed by atoms with E-state index in [4.69, 9.17) is 19.6 Å². The van der Waals surface area contributed by atoms with Gasteiger partial charge in [-0.15, -0.1) is 0 Å². The number of piperidine rings is 1. The molecular weight excluding hydrogens is 336 g/mol. The number of esters is 1. The molecule has 1 aliphatic rings. The highest BCUT2D eigenvalue weighted by Crippen LogP contribution is 2.30. The highest BCUT2D eigenvalue weighted by molar-refractivity contribution is 6.04. The Balaban J connectivity index is 1.88. The van der Waals surface area contributed by atoms with Crippen molar-refractivity contribution in [2.24, 2.45) is 11.7 Å². The maximum absolute atomic E-state index is 12.5. The van der Waals surface area contributed by atoms with Gasteiger partial charge in [-0.2, -0.15) is 0 Å². The molecule has 0 bridgehead atoms. The molecule has 1 aromatic carbocycles. The van der Waals surface area contributed by atoms with Crippen molar-refractivity contribution in [2.75, 3.05) is 26.8 Å². The summed E-state index contributed by atoms with van der Waals surface area (Å²) in [5.74, 6) is 0.598. The third-order valence-electron chi connectivity index (χ3n) is 4.95. The quantitative estimate of drug-likeness (QED) is 0.745. The van der Waals surface area contributed by atoms with E-state index in [1.165, 1.54) is 4.90 Å². The Labute approximate surface area is 152 Å². The van der Waals surface area contributed by atoms with E-state index in [-0.39, 0.29) is 17.8 Å². The summed E-state index contributed by atoms with van der Waals surface area (Å²) in [6, 6.07) is 5.40. The van der Waals surface area contributed by atoms with Gasteiger partial charge in [-0.3, -0.25) is 4.79 Å². The molecule has 0 radical (unpaired) electrons. The molecular formula is C19H25N2O5+. The number of carbonyl (C=O) groups is 2. The van der Waals surface area contributed by atoms with Crippen LogP contribution in [-0.2, 0) is 16.1 Å². The molecule has 2 heterocycles. The van der Waals surface area contributed by atoms with Crippen LogP contribution in [0.1, 0.15) is 35.9 Å². The fraction of sp³-hybridized carbons (Fsp3) is 0.474. The molecule has 0 unspecified atom stereocenters. The van der Waals surface area contributed by atoms with Gasteiger partial charge >= 0.3 is 5.97 Å². The van der Waals surface area contributed by atoms with Crippen LogP contribution in [0.15, 0.2) is 22.6 Å². The number of methoxy groups -OCH3 is 1. The van der Waals surface area contributed by atoms with Gasteiger partial charge in [-0.1, -0.05) is 0 Å². The van der Waals surface area contributed by atoms with Crippen molar-refractivity contribution in [1.82, 2.24) is 0 Å². The van der Waals surface area contributed by atoms with Gasteiger partial charge in [0, 0.05) is 24.1 Å². The molecule has 7 nitrogen and oxygen atoms in total. The second-order valence-corrected chi connectivity index (χ2v) is 6.59. The summed E-state index contributed by atoms with van der Waals surface area (Å²) in [4.78, 5) is 25.1. The van der Waals surface area contributed by atoms with Crippen LogP contribution in [0.2, 0.25) is 0 Å². The molecule has 3 N–H and O–H groups in total. The van der Waals surface area contributed by atoms with E-state index < -0.39 is 0 Å². The molecule has 1 saturated heterocycles. The van der Waals surface area contributed by atoms with Gasteiger partial charge in [0.1, 0.15) is 23.4 Å². The van der Waals surface area contributed by atoms with Crippen molar-refractivity contribution < 1.29 is 28.4 Å². The molecule has 2 aromatic rings. The minimum absolute atomic E-state index is 0.0526. The average molecular weight is 361 g/mol. The number of ether oxygens (including phenoxy) is 2. The average Bonchev–Trinajstić information content (AvgIpc) is 2.99. The number of carbonyl (C=O) groups excluding carboxylic acids is 2. The summed E-state index contributed by atoms with van der Waals surface area (Å²) >= 11 is 0. The van der Waals surface area contributed by atoms with Crippen LogP contribution >= 0.6 is 0 Å². The first-order chi connectivity index (χ1) is 12.5. The number of fused-ring (bicyclic) bond motifs is 1. The number of quaternary nitrogens is 1. The second kappa shape index (κ2) is 7.78. The summed E-state index contributed by atoms with van der Waals surface area (Å²) in [6.07, 6.45) is 1.51. The Morgan fingerprint density at radius 3 is 2.65 bits per heavy atom. The first-order valence-electron chi connectivity index (χ1n) is 8.92. The number of likely N-dealkylation sites (tertiary alicyclic amines) is 1. The molecule has 3 rings (SSSR count). The Kier molecular flexibility index (Phi) is 5.46. The first-order valence-corrected chi connectivity index (χ1v) is 8.92. The van der Waals surface area contributed by atoms with Gasteiger partial charge < -0.3 is 24.5 Å². The zero-order chi connectivity index (χ0) is 18.7. The Morgan fingerprint density at radius 1 is 1.31 bits per heavy atom. The predicted octanol–water partition coefficient (Wildman–Crippen LogP) is 0.898. The smallest absolute Gasteiger partial charge is 0.342 e. The molecule has 0 spiro atoms. The predicted molar refractivity (Wildman–Crippen MR) is 95.0 cm³/mol. The summed E-state index contributed by atoms with van der Waals surface area (Å²) in [5.41, 5.74) is 6.50. The number of nitrogens with two attached hydrogens (primary N) is 1. The number of amides is 1. The fourth-order valence-electron chi connectivity index (χ4n) is 3.52. The van der Waals surface area contributed by atoms with Crippen molar-refractivity contribution >= 4 is 22.8 Å². The summed E-state index contributed by atoms with van der Waals surface area (Å²) in [5, 5.41) is 0.698. The van der Waals surface area contributed by atoms with Crippen LogP contribution in [0.4, 0.5) is 0 Å². The highest BCUT2D eigenvalue weighted by Gasteiger charge is 2.30. The number of rotatable bonds is 6. The molecule has 0 atom stereocenters. The van der Waals surface area contributed by atoms with Crippen molar-refractivity contribution in [3.05, 3.63) is 29.5 Å². The SMILES string of the molecule is CCOC(=O)c1c(C[NH+]2CCC(C(N)=O)CC2)oc2ccc(OC)cc12. The van der Waals surface area contributed by atoms with Crippen LogP contribution in [0.5, 0.6) is 5.75 Å². The van der Waals surface area contributed by atoms with E-state index in [9.17, 15) is 9.59 Å². The number of furan rings is 1. The molecule has 1 amide bonds. The van der Waals surface area contributed by atoms with E-state index in [0.29, 0.717) is 41.2 Å². The zero-order valence-corrected chi connectivity index (χ0v) is 15.2. The van der Waals surface area contributed by atoms with Crippen molar-refractivity contribution in [1.29, 1.82) is 0 Å². The number of hydrogen-bond acceptors (Lipinski definition) is 5. The minimum Gasteiger partial charge on any atom is -0.497 e. The fourth-order valence-corrected chi connectivity index (χ4v) is 3.52. The number of benzene rings is 1. The molecule has 140 valence electrons. The lowest BCUT2D eigenvalue weighted by molar-refractivity contribution is -0.920. The summed E-state index contributed by atoms with van der Waals surface area (Å²) in [6.45, 7) is 4.27. The molecule has 1 aromatic heterocycles. The van der Waals surface area contributed by atoms with E-state index in [1.807, 2.05) is 0 Å². The van der Waals surface area contributed by atoms with E-state index >= 15 is 0 Å². The highest BCUT2D eigenvalue weighted by atomic mass is 16.5. The largest absolute Gasteiger partial charge is 0.497 e. The molecule has 26 heavy (non-hydrogen) atoms. The van der Waals surface area contributed by atoms with Crippen LogP contribution in [-0.4, -0.2) is 38.7 Å². The van der Waals surface area contributed by atoms with Gasteiger partial charge in [-0.05, 0) is 25.1 Å². The van der Waals surface area contributed by atoms with Crippen LogP contribution in [0.25, 0.3) is 11.0 Å². The van der Waals surface area contributed by atoms with Crippen molar-refractivity contribution in [3.63, 3.8) is 0 Å². The van der Waals surface area contributed by atoms with Gasteiger partial charge in [0.05, 0.1) is 26.8 Å². The summed E-state index contributed by atoms with van der Waals surface area (Å²) in [7, 11) is 1.58. The van der Waals surface area contributed by atoms with E-state index in [0.717, 1.165) is 25.9 Å². The minimum atomic E-state index is -0.388. The zero-order valence-electron chi connectivity index (χ0n) is 15.2. The third-order valence-corrected chi connectivity index (χ3v) is 4.95. The normalized spacial score (nSPS) is 20.1. The van der Waals surface area contributed by atoms with Crippen LogP contribution in [0, 0.1) is 5.92 Å². The van der Waals surface area contributed by atoms with Gasteiger partial charge in [0.25, 0.3) is 0 Å². The number of hydrogen-bond donors (Lipinski definition) is 2. The first kappa shape index (κ1) is 18.3. The van der Waals surface area contributed by atoms with Crippen LogP contribution < -0.4 is 15.4 Å². The lowest BCUT2D eigenvalue weighted by Gasteiger charge is -2.27.